The van der Waals surface area contributed by atoms with Crippen molar-refractivity contribution in [2.75, 3.05) is 7.11 Å². The Morgan fingerprint density at radius 1 is 1.00 bits per heavy atom. The fourth-order valence-electron chi connectivity index (χ4n) is 4.25. The molecule has 3 heterocycles. The summed E-state index contributed by atoms with van der Waals surface area (Å²) in [5, 5.41) is 10.1. The van der Waals surface area contributed by atoms with E-state index in [1.807, 2.05) is 73.1 Å². The third-order valence-electron chi connectivity index (χ3n) is 5.90. The van der Waals surface area contributed by atoms with E-state index < -0.39 is 5.97 Å². The minimum Gasteiger partial charge on any atom is -0.496 e. The molecule has 0 bridgehead atoms. The fraction of sp³-hybridized carbons (Fsp3) is 0.185. The number of aryl methyl sites for hydroxylation is 4. The highest BCUT2D eigenvalue weighted by Crippen LogP contribution is 2.32. The summed E-state index contributed by atoms with van der Waals surface area (Å²) in [6, 6.07) is 14.6. The van der Waals surface area contributed by atoms with Gasteiger partial charge in [0.05, 0.1) is 28.7 Å². The molecule has 3 aromatic heterocycles. The molecule has 1 N–H and O–H groups in total. The Hall–Kier alpha value is -3.49. The molecule has 0 fully saturated rings. The van der Waals surface area contributed by atoms with Crippen molar-refractivity contribution >= 4 is 50.1 Å². The van der Waals surface area contributed by atoms with E-state index >= 15 is 0 Å². The number of nitrogens with zero attached hydrogens (tertiary/aromatic N) is 2. The van der Waals surface area contributed by atoms with Crippen LogP contribution in [0.25, 0.3) is 22.3 Å². The number of rotatable bonds is 3. The third kappa shape index (κ3) is 4.54. The molecule has 0 aliphatic heterocycles. The summed E-state index contributed by atoms with van der Waals surface area (Å²) in [5.74, 6) is -0.773. The summed E-state index contributed by atoms with van der Waals surface area (Å²) in [7, 11) is 1.44. The molecule has 0 radical (unpaired) electrons. The maximum atomic E-state index is 11.9. The Labute approximate surface area is 220 Å². The first-order valence-electron chi connectivity index (χ1n) is 11.0. The van der Waals surface area contributed by atoms with E-state index in [9.17, 15) is 9.59 Å². The first-order chi connectivity index (χ1) is 17.0. The molecule has 0 atom stereocenters. The van der Waals surface area contributed by atoms with Crippen LogP contribution in [0.15, 0.2) is 62.2 Å². The molecular formula is C27H24BrClN2O5. The Balaban J connectivity index is 0.000000170. The Morgan fingerprint density at radius 3 is 2.25 bits per heavy atom. The number of halogens is 2. The maximum Gasteiger partial charge on any atom is 0.347 e. The summed E-state index contributed by atoms with van der Waals surface area (Å²) >= 11 is 9.72. The Kier molecular flexibility index (Phi) is 7.02. The number of hydrogen-bond acceptors (Lipinski definition) is 4. The second-order valence-corrected chi connectivity index (χ2v) is 9.70. The first kappa shape index (κ1) is 25.6. The van der Waals surface area contributed by atoms with Gasteiger partial charge in [0, 0.05) is 33.7 Å². The minimum absolute atomic E-state index is 0.0544. The monoisotopic (exact) mass is 570 g/mol. The van der Waals surface area contributed by atoms with Crippen molar-refractivity contribution in [2.45, 2.75) is 27.7 Å². The number of aromatic nitrogens is 2. The molecule has 0 spiro atoms. The molecule has 0 aliphatic carbocycles. The maximum absolute atomic E-state index is 11.9. The summed E-state index contributed by atoms with van der Waals surface area (Å²) in [4.78, 5) is 23.0. The zero-order chi connectivity index (χ0) is 26.3. The van der Waals surface area contributed by atoms with Gasteiger partial charge >= 0.3 is 11.6 Å². The van der Waals surface area contributed by atoms with E-state index in [-0.39, 0.29) is 11.2 Å². The Bertz CT molecular complexity index is 1680. The summed E-state index contributed by atoms with van der Waals surface area (Å²) in [6.45, 7) is 7.86. The molecule has 2 aromatic carbocycles. The quantitative estimate of drug-likeness (QED) is 0.255. The summed E-state index contributed by atoms with van der Waals surface area (Å²) in [6.07, 6.45) is 0. The van der Waals surface area contributed by atoms with Crippen LogP contribution < -0.4 is 10.4 Å². The smallest absolute Gasteiger partial charge is 0.347 e. The van der Waals surface area contributed by atoms with Crippen molar-refractivity contribution in [3.63, 3.8) is 0 Å². The fourth-order valence-corrected chi connectivity index (χ4v) is 5.25. The molecule has 0 aliphatic rings. The van der Waals surface area contributed by atoms with Crippen LogP contribution in [0, 0.1) is 27.7 Å². The highest BCUT2D eigenvalue weighted by molar-refractivity contribution is 9.10. The first-order valence-corrected chi connectivity index (χ1v) is 12.2. The molecule has 36 heavy (non-hydrogen) atoms. The van der Waals surface area contributed by atoms with Crippen molar-refractivity contribution < 1.29 is 19.1 Å². The lowest BCUT2D eigenvalue weighted by Gasteiger charge is -2.14. The summed E-state index contributed by atoms with van der Waals surface area (Å²) < 4.78 is 15.2. The largest absolute Gasteiger partial charge is 0.496 e. The lowest BCUT2D eigenvalue weighted by Crippen LogP contribution is -2.05. The van der Waals surface area contributed by atoms with Crippen LogP contribution in [0.5, 0.6) is 5.75 Å². The van der Waals surface area contributed by atoms with E-state index in [1.54, 1.807) is 6.07 Å². The van der Waals surface area contributed by atoms with Crippen molar-refractivity contribution in [2.24, 2.45) is 0 Å². The van der Waals surface area contributed by atoms with Crippen LogP contribution in [-0.2, 0) is 0 Å². The number of carboxylic acid groups (broad SMARTS) is 1. The standard InChI is InChI=1S/C14H14ClNO3.C13H10BrNO2/c1-8-4-5-9(2)16(8)12-7-13(19-3)10(14(17)18)6-11(12)15;1-7-5-9-12(10(14)6-7)15-8(2)3-4-11(15)17-13(9)16/h4-7H,1-3H3,(H,17,18);3-6H,1-2H3. The molecule has 7 nitrogen and oxygen atoms in total. The molecule has 5 aromatic rings. The molecule has 0 saturated heterocycles. The van der Waals surface area contributed by atoms with Gasteiger partial charge in [-0.05, 0) is 85.6 Å². The Morgan fingerprint density at radius 2 is 1.64 bits per heavy atom. The van der Waals surface area contributed by atoms with Gasteiger partial charge in [0.1, 0.15) is 11.3 Å². The number of hydrogen-bond donors (Lipinski definition) is 1. The number of methoxy groups -OCH3 is 1. The van der Waals surface area contributed by atoms with Gasteiger partial charge in [-0.3, -0.25) is 4.40 Å². The molecule has 9 heteroatoms. The predicted octanol–water partition coefficient (Wildman–Crippen LogP) is 6.88. The number of fused-ring (bicyclic) bond motifs is 3. The highest BCUT2D eigenvalue weighted by Gasteiger charge is 2.17. The van der Waals surface area contributed by atoms with Crippen molar-refractivity contribution in [1.29, 1.82) is 0 Å². The molecule has 0 unspecified atom stereocenters. The van der Waals surface area contributed by atoms with Crippen LogP contribution >= 0.6 is 27.5 Å². The van der Waals surface area contributed by atoms with Gasteiger partial charge in [0.2, 0.25) is 5.71 Å². The second-order valence-electron chi connectivity index (χ2n) is 8.44. The van der Waals surface area contributed by atoms with Crippen LogP contribution in [0.2, 0.25) is 5.02 Å². The van der Waals surface area contributed by atoms with E-state index in [2.05, 4.69) is 15.9 Å². The lowest BCUT2D eigenvalue weighted by molar-refractivity contribution is 0.0693. The van der Waals surface area contributed by atoms with Gasteiger partial charge < -0.3 is 18.8 Å². The highest BCUT2D eigenvalue weighted by atomic mass is 79.9. The predicted molar refractivity (Wildman–Crippen MR) is 144 cm³/mol. The third-order valence-corrected chi connectivity index (χ3v) is 6.81. The number of benzene rings is 2. The van der Waals surface area contributed by atoms with Gasteiger partial charge in [-0.2, -0.15) is 0 Å². The van der Waals surface area contributed by atoms with Crippen LogP contribution in [-0.4, -0.2) is 27.2 Å². The van der Waals surface area contributed by atoms with E-state index in [0.29, 0.717) is 27.6 Å². The van der Waals surface area contributed by atoms with E-state index in [4.69, 9.17) is 25.9 Å². The number of ether oxygens (including phenoxy) is 1. The number of carbonyl (C=O) groups is 1. The van der Waals surface area contributed by atoms with Gasteiger partial charge in [0.25, 0.3) is 0 Å². The van der Waals surface area contributed by atoms with Gasteiger partial charge in [-0.25, -0.2) is 9.59 Å². The average Bonchev–Trinajstić information content (AvgIpc) is 3.35. The van der Waals surface area contributed by atoms with Crippen LogP contribution in [0.1, 0.15) is 33.0 Å². The van der Waals surface area contributed by atoms with Gasteiger partial charge in [0.15, 0.2) is 0 Å². The normalized spacial score (nSPS) is 11.0. The second kappa shape index (κ2) is 9.87. The van der Waals surface area contributed by atoms with Gasteiger partial charge in [-0.1, -0.05) is 11.6 Å². The number of aromatic carboxylic acids is 1. The molecule has 5 rings (SSSR count). The minimum atomic E-state index is -1.06. The van der Waals surface area contributed by atoms with Crippen LogP contribution in [0.4, 0.5) is 0 Å². The van der Waals surface area contributed by atoms with E-state index in [1.165, 1.54) is 13.2 Å². The molecule has 186 valence electrons. The van der Waals surface area contributed by atoms with Crippen LogP contribution in [0.3, 0.4) is 0 Å². The van der Waals surface area contributed by atoms with Crippen molar-refractivity contribution in [3.05, 3.63) is 96.7 Å². The number of carboxylic acids is 1. The molecule has 0 saturated carbocycles. The van der Waals surface area contributed by atoms with Crippen molar-refractivity contribution in [3.8, 4) is 11.4 Å². The van der Waals surface area contributed by atoms with E-state index in [0.717, 1.165) is 32.6 Å². The van der Waals surface area contributed by atoms with Crippen molar-refractivity contribution in [1.82, 2.24) is 8.97 Å². The SMILES string of the molecule is COc1cc(-n2c(C)ccc2C)c(Cl)cc1C(=O)O.Cc1cc(Br)c2c(c1)c(=O)oc1ccc(C)n12. The lowest BCUT2D eigenvalue weighted by atomic mass is 10.1. The van der Waals surface area contributed by atoms with Gasteiger partial charge in [-0.15, -0.1) is 0 Å². The summed E-state index contributed by atoms with van der Waals surface area (Å²) in [5.41, 5.74) is 6.01. The molecule has 0 amide bonds. The topological polar surface area (TPSA) is 86.1 Å². The zero-order valence-corrected chi connectivity index (χ0v) is 22.7. The zero-order valence-electron chi connectivity index (χ0n) is 20.3. The average molecular weight is 572 g/mol. The molecular weight excluding hydrogens is 548 g/mol.